The molecule has 38 heavy (non-hydrogen) atoms. The van der Waals surface area contributed by atoms with Crippen LogP contribution in [0.1, 0.15) is 51.9 Å². The van der Waals surface area contributed by atoms with Crippen molar-refractivity contribution < 1.29 is 14.7 Å². The number of fused-ring (bicyclic) bond motifs is 6. The minimum atomic E-state index is -0.752. The minimum Gasteiger partial charge on any atom is -0.390 e. The number of hydrogen-bond acceptors (Lipinski definition) is 7. The van der Waals surface area contributed by atoms with Crippen molar-refractivity contribution in [1.82, 2.24) is 14.2 Å². The molecule has 0 spiro atoms. The number of aromatic nitrogens is 1. The summed E-state index contributed by atoms with van der Waals surface area (Å²) in [6.45, 7) is 7.69. The third kappa shape index (κ3) is 3.93. The Morgan fingerprint density at radius 2 is 1.71 bits per heavy atom. The van der Waals surface area contributed by atoms with Gasteiger partial charge in [0.05, 0.1) is 22.1 Å². The average Bonchev–Trinajstić information content (AvgIpc) is 3.68. The Balaban J connectivity index is 0.991. The molecule has 8 heteroatoms. The summed E-state index contributed by atoms with van der Waals surface area (Å²) in [5.74, 6) is 1.84. The monoisotopic (exact) mass is 536 g/mol. The van der Waals surface area contributed by atoms with Gasteiger partial charge in [0.2, 0.25) is 11.8 Å². The SMILES string of the molecule is CC[C@]1(O)C[C@@H]2C[C@H]1[C@H]1C(=O)N(C[C@@H]3CCCCC3CN3CCN(c4nsc5ccccc45)CC3)C(=O)[C@@H]21. The lowest BCUT2D eigenvalue weighted by Crippen LogP contribution is -2.49. The molecule has 5 aliphatic rings. The molecular weight excluding hydrogens is 496 g/mol. The van der Waals surface area contributed by atoms with E-state index in [4.69, 9.17) is 4.37 Å². The van der Waals surface area contributed by atoms with E-state index in [0.717, 1.165) is 51.4 Å². The molecule has 5 fully saturated rings. The van der Waals surface area contributed by atoms with Crippen LogP contribution in [0.5, 0.6) is 0 Å². The van der Waals surface area contributed by atoms with E-state index in [9.17, 15) is 14.7 Å². The van der Waals surface area contributed by atoms with Crippen molar-refractivity contribution in [3.8, 4) is 0 Å². The molecule has 2 amide bonds. The van der Waals surface area contributed by atoms with E-state index < -0.39 is 5.60 Å². The summed E-state index contributed by atoms with van der Waals surface area (Å²) in [5.41, 5.74) is -0.752. The summed E-state index contributed by atoms with van der Waals surface area (Å²) in [6, 6.07) is 8.50. The van der Waals surface area contributed by atoms with Gasteiger partial charge in [0.1, 0.15) is 5.82 Å². The van der Waals surface area contributed by atoms with E-state index in [1.165, 1.54) is 29.3 Å². The van der Waals surface area contributed by atoms with Gasteiger partial charge >= 0.3 is 0 Å². The predicted octanol–water partition coefficient (Wildman–Crippen LogP) is 4.01. The molecule has 7 rings (SSSR count). The number of benzene rings is 1. The van der Waals surface area contributed by atoms with Crippen molar-refractivity contribution in [3.63, 3.8) is 0 Å². The highest BCUT2D eigenvalue weighted by Crippen LogP contribution is 2.61. The van der Waals surface area contributed by atoms with Crippen LogP contribution >= 0.6 is 11.5 Å². The highest BCUT2D eigenvalue weighted by molar-refractivity contribution is 7.13. The topological polar surface area (TPSA) is 77.0 Å². The lowest BCUT2D eigenvalue weighted by Gasteiger charge is -2.40. The van der Waals surface area contributed by atoms with Crippen LogP contribution in [-0.4, -0.2) is 76.0 Å². The van der Waals surface area contributed by atoms with Gasteiger partial charge in [-0.1, -0.05) is 31.9 Å². The number of piperazine rings is 1. The van der Waals surface area contributed by atoms with Gasteiger partial charge in [-0.25, -0.2) is 0 Å². The quantitative estimate of drug-likeness (QED) is 0.563. The van der Waals surface area contributed by atoms with Gasteiger partial charge < -0.3 is 10.0 Å². The lowest BCUT2D eigenvalue weighted by atomic mass is 9.71. The summed E-state index contributed by atoms with van der Waals surface area (Å²) in [5, 5.41) is 12.4. The maximum Gasteiger partial charge on any atom is 0.233 e. The highest BCUT2D eigenvalue weighted by Gasteiger charge is 2.67. The smallest absolute Gasteiger partial charge is 0.233 e. The van der Waals surface area contributed by atoms with Crippen molar-refractivity contribution >= 4 is 39.3 Å². The summed E-state index contributed by atoms with van der Waals surface area (Å²) < 4.78 is 6.01. The van der Waals surface area contributed by atoms with Crippen LogP contribution in [0.25, 0.3) is 10.1 Å². The molecular formula is C30H40N4O3S. The normalized spacial score (nSPS) is 37.5. The number of hydrogen-bond donors (Lipinski definition) is 1. The van der Waals surface area contributed by atoms with Crippen LogP contribution < -0.4 is 4.90 Å². The van der Waals surface area contributed by atoms with Gasteiger partial charge in [-0.2, -0.15) is 4.37 Å². The van der Waals surface area contributed by atoms with Crippen molar-refractivity contribution in [2.75, 3.05) is 44.2 Å². The molecule has 3 heterocycles. The zero-order valence-corrected chi connectivity index (χ0v) is 23.2. The second kappa shape index (κ2) is 9.56. The fraction of sp³-hybridized carbons (Fsp3) is 0.700. The third-order valence-electron chi connectivity index (χ3n) is 10.9. The van der Waals surface area contributed by atoms with E-state index in [1.807, 2.05) is 6.92 Å². The van der Waals surface area contributed by atoms with Crippen LogP contribution in [-0.2, 0) is 9.59 Å². The summed E-state index contributed by atoms with van der Waals surface area (Å²) in [4.78, 5) is 33.7. The Labute approximate surface area is 229 Å². The second-order valence-electron chi connectivity index (χ2n) is 12.7. The first-order valence-electron chi connectivity index (χ1n) is 14.9. The van der Waals surface area contributed by atoms with Crippen LogP contribution in [0.2, 0.25) is 0 Å². The van der Waals surface area contributed by atoms with Crippen LogP contribution in [0.4, 0.5) is 5.82 Å². The number of carbonyl (C=O) groups excluding carboxylic acids is 2. The molecule has 1 aromatic carbocycles. The van der Waals surface area contributed by atoms with Gasteiger partial charge in [-0.3, -0.25) is 19.4 Å². The fourth-order valence-corrected chi connectivity index (χ4v) is 9.64. The minimum absolute atomic E-state index is 0.0208. The molecule has 0 radical (unpaired) electrons. The maximum atomic E-state index is 13.6. The van der Waals surface area contributed by atoms with E-state index in [2.05, 4.69) is 34.1 Å². The first kappa shape index (κ1) is 25.0. The number of amides is 2. The summed E-state index contributed by atoms with van der Waals surface area (Å²) in [7, 11) is 0. The molecule has 1 N–H and O–H groups in total. The van der Waals surface area contributed by atoms with E-state index in [1.54, 1.807) is 16.4 Å². The molecule has 2 saturated heterocycles. The second-order valence-corrected chi connectivity index (χ2v) is 13.5. The number of imide groups is 1. The van der Waals surface area contributed by atoms with Gasteiger partial charge in [0, 0.05) is 50.6 Å². The van der Waals surface area contributed by atoms with E-state index in [-0.39, 0.29) is 35.5 Å². The first-order chi connectivity index (χ1) is 18.5. The molecule has 1 aromatic heterocycles. The van der Waals surface area contributed by atoms with Gasteiger partial charge in [-0.15, -0.1) is 0 Å². The highest BCUT2D eigenvalue weighted by atomic mass is 32.1. The van der Waals surface area contributed by atoms with Gasteiger partial charge in [0.25, 0.3) is 0 Å². The summed E-state index contributed by atoms with van der Waals surface area (Å²) in [6.07, 6.45) is 6.94. The molecule has 7 atom stereocenters. The Morgan fingerprint density at radius 1 is 1.00 bits per heavy atom. The third-order valence-corrected chi connectivity index (χ3v) is 11.7. The number of aliphatic hydroxyl groups is 1. The number of nitrogens with zero attached hydrogens (tertiary/aromatic N) is 4. The van der Waals surface area contributed by atoms with Gasteiger partial charge in [-0.05, 0) is 73.5 Å². The molecule has 204 valence electrons. The number of rotatable bonds is 6. The molecule has 2 aromatic rings. The van der Waals surface area contributed by atoms with E-state index in [0.29, 0.717) is 31.2 Å². The maximum absolute atomic E-state index is 13.6. The molecule has 1 unspecified atom stereocenters. The standard InChI is InChI=1S/C30H40N4O3S/c1-2-30(37)16-21-15-23(30)26-25(21)28(35)34(29(26)36)18-20-8-4-3-7-19(20)17-32-11-13-33(14-12-32)27-22-9-5-6-10-24(22)38-31-27/h5-6,9-10,19-21,23,25-26,37H,2-4,7-8,11-18H2,1H3/t19?,20-,21-,23-,25-,26+,30-/m0/s1. The Morgan fingerprint density at radius 3 is 2.47 bits per heavy atom. The molecule has 3 saturated carbocycles. The lowest BCUT2D eigenvalue weighted by molar-refractivity contribution is -0.142. The number of likely N-dealkylation sites (tertiary alicyclic amines) is 1. The summed E-state index contributed by atoms with van der Waals surface area (Å²) >= 11 is 1.58. The zero-order chi connectivity index (χ0) is 26.0. The zero-order valence-electron chi connectivity index (χ0n) is 22.4. The average molecular weight is 537 g/mol. The van der Waals surface area contributed by atoms with Crippen molar-refractivity contribution in [2.24, 2.45) is 35.5 Å². The molecule has 2 aliphatic heterocycles. The molecule has 3 aliphatic carbocycles. The Kier molecular flexibility index (Phi) is 6.28. The van der Waals surface area contributed by atoms with E-state index >= 15 is 0 Å². The Hall–Kier alpha value is -2.03. The van der Waals surface area contributed by atoms with Gasteiger partial charge in [0.15, 0.2) is 0 Å². The number of anilines is 1. The van der Waals surface area contributed by atoms with Crippen LogP contribution in [0.15, 0.2) is 24.3 Å². The van der Waals surface area contributed by atoms with Crippen molar-refractivity contribution in [3.05, 3.63) is 24.3 Å². The van der Waals surface area contributed by atoms with Crippen LogP contribution in [0.3, 0.4) is 0 Å². The van der Waals surface area contributed by atoms with Crippen molar-refractivity contribution in [2.45, 2.75) is 57.5 Å². The van der Waals surface area contributed by atoms with Crippen molar-refractivity contribution in [1.29, 1.82) is 0 Å². The van der Waals surface area contributed by atoms with Crippen LogP contribution in [0, 0.1) is 35.5 Å². The molecule has 7 nitrogen and oxygen atoms in total. The first-order valence-corrected chi connectivity index (χ1v) is 15.6. The molecule has 2 bridgehead atoms. The largest absolute Gasteiger partial charge is 0.390 e. The fourth-order valence-electron chi connectivity index (χ4n) is 8.84. The Bertz CT molecular complexity index is 1230. The number of carbonyl (C=O) groups is 2. The predicted molar refractivity (Wildman–Crippen MR) is 149 cm³/mol.